The minimum absolute atomic E-state index is 0.0776. The molecular formula is C14H16N2O3. The summed E-state index contributed by atoms with van der Waals surface area (Å²) in [4.78, 5) is 19.1. The number of rotatable bonds is 2. The highest BCUT2D eigenvalue weighted by atomic mass is 16.6. The van der Waals surface area contributed by atoms with Gasteiger partial charge in [0.25, 0.3) is 5.91 Å². The topological polar surface area (TPSA) is 62.1 Å². The molecular weight excluding hydrogens is 244 g/mol. The second-order valence-electron chi connectivity index (χ2n) is 4.93. The number of aliphatic hydroxyl groups excluding tert-OH is 1. The van der Waals surface area contributed by atoms with Crippen molar-refractivity contribution in [3.63, 3.8) is 0 Å². The van der Waals surface area contributed by atoms with Crippen LogP contribution in [0.1, 0.15) is 18.4 Å². The molecule has 2 aliphatic rings. The van der Waals surface area contributed by atoms with Crippen LogP contribution in [0.3, 0.4) is 0 Å². The van der Waals surface area contributed by atoms with Crippen LogP contribution in [-0.4, -0.2) is 46.9 Å². The Morgan fingerprint density at radius 1 is 1.37 bits per heavy atom. The van der Waals surface area contributed by atoms with Crippen molar-refractivity contribution in [1.29, 1.82) is 0 Å². The van der Waals surface area contributed by atoms with Gasteiger partial charge >= 0.3 is 0 Å². The number of likely N-dealkylation sites (tertiary alicyclic amines) is 1. The molecule has 5 heteroatoms. The van der Waals surface area contributed by atoms with Crippen molar-refractivity contribution in [1.82, 2.24) is 4.90 Å². The molecule has 0 saturated carbocycles. The Morgan fingerprint density at radius 2 is 2.16 bits per heavy atom. The highest BCUT2D eigenvalue weighted by Crippen LogP contribution is 2.20. The van der Waals surface area contributed by atoms with Crippen molar-refractivity contribution < 1.29 is 14.7 Å². The first-order chi connectivity index (χ1) is 9.24. The Labute approximate surface area is 111 Å². The number of oxime groups is 1. The zero-order valence-electron chi connectivity index (χ0n) is 10.5. The molecule has 5 nitrogen and oxygen atoms in total. The van der Waals surface area contributed by atoms with Crippen LogP contribution >= 0.6 is 0 Å². The minimum atomic E-state index is -0.541. The van der Waals surface area contributed by atoms with Crippen LogP contribution in [0.5, 0.6) is 0 Å². The summed E-state index contributed by atoms with van der Waals surface area (Å²) < 4.78 is 0. The Balaban J connectivity index is 1.63. The van der Waals surface area contributed by atoms with Crippen LogP contribution in [0, 0.1) is 0 Å². The summed E-state index contributed by atoms with van der Waals surface area (Å²) in [5.41, 5.74) is 1.79. The lowest BCUT2D eigenvalue weighted by molar-refractivity contribution is -0.141. The molecule has 0 spiro atoms. The van der Waals surface area contributed by atoms with Gasteiger partial charge in [-0.3, -0.25) is 4.79 Å². The maximum Gasteiger partial charge on any atom is 0.266 e. The summed E-state index contributed by atoms with van der Waals surface area (Å²) >= 11 is 0. The standard InChI is InChI=1S/C14H16N2O3/c17-11-6-7-16(9-11)14(18)13-8-12(15-19-13)10-4-2-1-3-5-10/h1-5,11,13,17H,6-9H2/t11-,13?/m1/s1. The van der Waals surface area contributed by atoms with E-state index in [0.717, 1.165) is 11.3 Å². The Kier molecular flexibility index (Phi) is 3.21. The highest BCUT2D eigenvalue weighted by Gasteiger charge is 2.35. The van der Waals surface area contributed by atoms with Gasteiger partial charge in [-0.2, -0.15) is 0 Å². The van der Waals surface area contributed by atoms with Crippen LogP contribution in [0.25, 0.3) is 0 Å². The van der Waals surface area contributed by atoms with E-state index in [1.807, 2.05) is 30.3 Å². The van der Waals surface area contributed by atoms with E-state index in [2.05, 4.69) is 5.16 Å². The fraction of sp³-hybridized carbons (Fsp3) is 0.429. The number of hydrogen-bond acceptors (Lipinski definition) is 4. The minimum Gasteiger partial charge on any atom is -0.391 e. The molecule has 19 heavy (non-hydrogen) atoms. The largest absolute Gasteiger partial charge is 0.391 e. The third-order valence-electron chi connectivity index (χ3n) is 3.53. The van der Waals surface area contributed by atoms with E-state index in [9.17, 15) is 9.90 Å². The number of benzene rings is 1. The smallest absolute Gasteiger partial charge is 0.266 e. The third kappa shape index (κ3) is 2.46. The fourth-order valence-electron chi connectivity index (χ4n) is 2.46. The van der Waals surface area contributed by atoms with E-state index < -0.39 is 12.2 Å². The molecule has 0 aromatic heterocycles. The Bertz CT molecular complexity index is 501. The number of nitrogens with zero attached hydrogens (tertiary/aromatic N) is 2. The van der Waals surface area contributed by atoms with Crippen LogP contribution in [0.2, 0.25) is 0 Å². The van der Waals surface area contributed by atoms with Gasteiger partial charge in [-0.1, -0.05) is 35.5 Å². The molecule has 0 aliphatic carbocycles. The predicted molar refractivity (Wildman–Crippen MR) is 69.7 cm³/mol. The van der Waals surface area contributed by atoms with E-state index in [-0.39, 0.29) is 5.91 Å². The molecule has 100 valence electrons. The van der Waals surface area contributed by atoms with Crippen molar-refractivity contribution in [3.05, 3.63) is 35.9 Å². The molecule has 2 atom stereocenters. The van der Waals surface area contributed by atoms with E-state index in [1.54, 1.807) is 4.90 Å². The Hall–Kier alpha value is -1.88. The number of carbonyl (C=O) groups excluding carboxylic acids is 1. The molecule has 1 aromatic carbocycles. The summed E-state index contributed by atoms with van der Waals surface area (Å²) in [5.74, 6) is -0.0776. The van der Waals surface area contributed by atoms with Crippen LogP contribution in [-0.2, 0) is 9.63 Å². The lowest BCUT2D eigenvalue weighted by Gasteiger charge is -2.18. The van der Waals surface area contributed by atoms with Crippen molar-refractivity contribution in [2.45, 2.75) is 25.0 Å². The Morgan fingerprint density at radius 3 is 2.84 bits per heavy atom. The van der Waals surface area contributed by atoms with Crippen molar-refractivity contribution >= 4 is 11.6 Å². The number of carbonyl (C=O) groups is 1. The van der Waals surface area contributed by atoms with Crippen LogP contribution < -0.4 is 0 Å². The van der Waals surface area contributed by atoms with E-state index in [1.165, 1.54) is 0 Å². The molecule has 2 heterocycles. The molecule has 0 radical (unpaired) electrons. The van der Waals surface area contributed by atoms with Crippen LogP contribution in [0.15, 0.2) is 35.5 Å². The molecule has 1 fully saturated rings. The summed E-state index contributed by atoms with van der Waals surface area (Å²) in [6.45, 7) is 1.000. The van der Waals surface area contributed by atoms with Gasteiger partial charge in [-0.15, -0.1) is 0 Å². The van der Waals surface area contributed by atoms with E-state index >= 15 is 0 Å². The third-order valence-corrected chi connectivity index (χ3v) is 3.53. The van der Waals surface area contributed by atoms with Gasteiger partial charge in [-0.25, -0.2) is 0 Å². The van der Waals surface area contributed by atoms with Gasteiger partial charge in [-0.05, 0) is 12.0 Å². The molecule has 1 N–H and O–H groups in total. The zero-order chi connectivity index (χ0) is 13.2. The summed E-state index contributed by atoms with van der Waals surface area (Å²) in [5, 5.41) is 13.5. The lowest BCUT2D eigenvalue weighted by Crippen LogP contribution is -2.38. The zero-order valence-corrected chi connectivity index (χ0v) is 10.5. The quantitative estimate of drug-likeness (QED) is 0.854. The monoisotopic (exact) mass is 260 g/mol. The molecule has 0 bridgehead atoms. The summed E-state index contributed by atoms with van der Waals surface area (Å²) in [7, 11) is 0. The lowest BCUT2D eigenvalue weighted by atomic mass is 10.0. The van der Waals surface area contributed by atoms with E-state index in [0.29, 0.717) is 25.9 Å². The van der Waals surface area contributed by atoms with Gasteiger partial charge in [0.1, 0.15) is 0 Å². The highest BCUT2D eigenvalue weighted by molar-refractivity contribution is 6.04. The first-order valence-electron chi connectivity index (χ1n) is 6.49. The van der Waals surface area contributed by atoms with Crippen molar-refractivity contribution in [2.75, 3.05) is 13.1 Å². The van der Waals surface area contributed by atoms with Crippen LogP contribution in [0.4, 0.5) is 0 Å². The average Bonchev–Trinajstić information content (AvgIpc) is 3.08. The van der Waals surface area contributed by atoms with Gasteiger partial charge in [0.2, 0.25) is 6.10 Å². The molecule has 1 amide bonds. The maximum absolute atomic E-state index is 12.2. The van der Waals surface area contributed by atoms with Gasteiger partial charge in [0, 0.05) is 19.5 Å². The molecule has 2 aliphatic heterocycles. The maximum atomic E-state index is 12.2. The second kappa shape index (κ2) is 5.01. The number of β-amino-alcohol motifs (C(OH)–C–C–N with tert-alkyl or cyclic N) is 1. The first kappa shape index (κ1) is 12.2. The van der Waals surface area contributed by atoms with E-state index in [4.69, 9.17) is 4.84 Å². The summed E-state index contributed by atoms with van der Waals surface area (Å²) in [6.07, 6.45) is 0.195. The second-order valence-corrected chi connectivity index (χ2v) is 4.93. The molecule has 1 saturated heterocycles. The predicted octanol–water partition coefficient (Wildman–Crippen LogP) is 0.773. The molecule has 1 aromatic rings. The summed E-state index contributed by atoms with van der Waals surface area (Å²) in [6, 6.07) is 9.71. The first-order valence-corrected chi connectivity index (χ1v) is 6.49. The number of hydrogen-bond donors (Lipinski definition) is 1. The SMILES string of the molecule is O=C(C1CC(c2ccccc2)=NO1)N1CC[C@@H](O)C1. The molecule has 1 unspecified atom stereocenters. The van der Waals surface area contributed by atoms with Gasteiger partial charge < -0.3 is 14.8 Å². The normalized spacial score (nSPS) is 26.2. The average molecular weight is 260 g/mol. The number of amides is 1. The van der Waals surface area contributed by atoms with Crippen molar-refractivity contribution in [3.8, 4) is 0 Å². The number of aliphatic hydroxyl groups is 1. The van der Waals surface area contributed by atoms with Gasteiger partial charge in [0.15, 0.2) is 0 Å². The van der Waals surface area contributed by atoms with Crippen molar-refractivity contribution in [2.24, 2.45) is 5.16 Å². The molecule has 3 rings (SSSR count). The fourth-order valence-corrected chi connectivity index (χ4v) is 2.46. The van der Waals surface area contributed by atoms with Gasteiger partial charge in [0.05, 0.1) is 11.8 Å².